The molecule has 254 valence electrons. The van der Waals surface area contributed by atoms with Crippen LogP contribution >= 0.6 is 0 Å². The summed E-state index contributed by atoms with van der Waals surface area (Å²) < 4.78 is 0. The van der Waals surface area contributed by atoms with Gasteiger partial charge in [-0.1, -0.05) is 186 Å². The predicted molar refractivity (Wildman–Crippen MR) is 189 cm³/mol. The Morgan fingerprint density at radius 1 is 0.535 bits per heavy atom. The highest BCUT2D eigenvalue weighted by Crippen LogP contribution is 2.14. The fourth-order valence-electron chi connectivity index (χ4n) is 5.72. The Morgan fingerprint density at radius 3 is 1.35 bits per heavy atom. The molecular weight excluding hydrogens is 530 g/mol. The number of carbonyl (C=O) groups excluding carboxylic acids is 1. The van der Waals surface area contributed by atoms with E-state index in [1.54, 1.807) is 6.08 Å². The second-order valence-electron chi connectivity index (χ2n) is 13.0. The number of hydrogen-bond acceptors (Lipinski definition) is 3. The highest BCUT2D eigenvalue weighted by atomic mass is 16.3. The molecule has 4 nitrogen and oxygen atoms in total. The van der Waals surface area contributed by atoms with Gasteiger partial charge in [0.2, 0.25) is 5.91 Å². The SMILES string of the molecule is CCCCCCCCCCCCC/C=C/CC/C=C/[C@@H](O)[C@H](CO)NC(=O)CCCCCCCCCCCCCCCC. The molecule has 0 aliphatic rings. The number of unbranched alkanes of at least 4 members (excludes halogenated alkanes) is 25. The summed E-state index contributed by atoms with van der Waals surface area (Å²) in [6.07, 6.45) is 44.1. The Hall–Kier alpha value is -1.13. The minimum atomic E-state index is -0.856. The molecule has 1 amide bonds. The topological polar surface area (TPSA) is 69.6 Å². The van der Waals surface area contributed by atoms with Crippen molar-refractivity contribution in [2.24, 2.45) is 0 Å². The van der Waals surface area contributed by atoms with E-state index in [0.717, 1.165) is 32.1 Å². The second-order valence-corrected chi connectivity index (χ2v) is 13.0. The van der Waals surface area contributed by atoms with Crippen molar-refractivity contribution in [3.05, 3.63) is 24.3 Å². The van der Waals surface area contributed by atoms with Gasteiger partial charge in [0.25, 0.3) is 0 Å². The number of carbonyl (C=O) groups is 1. The normalized spacial score (nSPS) is 13.3. The van der Waals surface area contributed by atoms with Crippen LogP contribution < -0.4 is 5.32 Å². The molecule has 0 rings (SSSR count). The molecule has 0 aliphatic carbocycles. The predicted octanol–water partition coefficient (Wildman–Crippen LogP) is 11.3. The van der Waals surface area contributed by atoms with E-state index in [1.165, 1.54) is 148 Å². The summed E-state index contributed by atoms with van der Waals surface area (Å²) in [5.74, 6) is -0.0734. The molecular formula is C39H75NO3. The molecule has 0 spiro atoms. The first-order valence-corrected chi connectivity index (χ1v) is 19.1. The molecule has 0 aliphatic heterocycles. The first-order valence-electron chi connectivity index (χ1n) is 19.1. The van der Waals surface area contributed by atoms with Crippen LogP contribution in [0.5, 0.6) is 0 Å². The number of aliphatic hydroxyl groups is 2. The lowest BCUT2D eigenvalue weighted by molar-refractivity contribution is -0.123. The van der Waals surface area contributed by atoms with E-state index < -0.39 is 12.1 Å². The van der Waals surface area contributed by atoms with Gasteiger partial charge >= 0.3 is 0 Å². The number of nitrogens with one attached hydrogen (secondary N) is 1. The van der Waals surface area contributed by atoms with Crippen LogP contribution in [0.2, 0.25) is 0 Å². The molecule has 0 bridgehead atoms. The third kappa shape index (κ3) is 32.1. The summed E-state index contributed by atoms with van der Waals surface area (Å²) in [4.78, 5) is 12.3. The summed E-state index contributed by atoms with van der Waals surface area (Å²) in [5, 5.41) is 22.9. The zero-order chi connectivity index (χ0) is 31.5. The van der Waals surface area contributed by atoms with Crippen LogP contribution in [-0.2, 0) is 4.79 Å². The van der Waals surface area contributed by atoms with Gasteiger partial charge in [0.15, 0.2) is 0 Å². The molecule has 2 atom stereocenters. The molecule has 0 aromatic rings. The van der Waals surface area contributed by atoms with Gasteiger partial charge in [-0.25, -0.2) is 0 Å². The second kappa shape index (κ2) is 35.4. The zero-order valence-electron chi connectivity index (χ0n) is 29.0. The van der Waals surface area contributed by atoms with Crippen molar-refractivity contribution < 1.29 is 15.0 Å². The van der Waals surface area contributed by atoms with E-state index >= 15 is 0 Å². The van der Waals surface area contributed by atoms with E-state index in [-0.39, 0.29) is 12.5 Å². The lowest BCUT2D eigenvalue weighted by Gasteiger charge is -2.19. The number of amides is 1. The molecule has 0 aromatic heterocycles. The van der Waals surface area contributed by atoms with E-state index in [2.05, 4.69) is 31.3 Å². The van der Waals surface area contributed by atoms with Crippen molar-refractivity contribution in [2.45, 2.75) is 212 Å². The van der Waals surface area contributed by atoms with Crippen molar-refractivity contribution in [2.75, 3.05) is 6.61 Å². The third-order valence-corrected chi connectivity index (χ3v) is 8.69. The van der Waals surface area contributed by atoms with Gasteiger partial charge in [-0.2, -0.15) is 0 Å². The zero-order valence-corrected chi connectivity index (χ0v) is 29.0. The summed E-state index contributed by atoms with van der Waals surface area (Å²) in [6.45, 7) is 4.29. The molecule has 0 saturated heterocycles. The Kier molecular flexibility index (Phi) is 34.4. The molecule has 0 fully saturated rings. The van der Waals surface area contributed by atoms with Gasteiger partial charge in [0.1, 0.15) is 0 Å². The minimum Gasteiger partial charge on any atom is -0.394 e. The highest BCUT2D eigenvalue weighted by molar-refractivity contribution is 5.76. The number of allylic oxidation sites excluding steroid dienone is 3. The maximum atomic E-state index is 12.3. The fourth-order valence-corrected chi connectivity index (χ4v) is 5.72. The number of aliphatic hydroxyl groups excluding tert-OH is 2. The van der Waals surface area contributed by atoms with Crippen LogP contribution in [0.25, 0.3) is 0 Å². The van der Waals surface area contributed by atoms with Gasteiger partial charge < -0.3 is 15.5 Å². The van der Waals surface area contributed by atoms with E-state index in [0.29, 0.717) is 6.42 Å². The standard InChI is InChI=1S/C39H75NO3/c1-3-5-7-9-11-13-15-17-19-20-21-22-24-26-28-30-32-34-38(42)37(36-41)40-39(43)35-33-31-29-27-25-23-18-16-14-12-10-8-6-4-2/h24,26,32,34,37-38,41-42H,3-23,25,27-31,33,35-36H2,1-2H3,(H,40,43)/b26-24+,34-32+/t37-,38+/m0/s1. The Labute approximate surface area is 269 Å². The lowest BCUT2D eigenvalue weighted by atomic mass is 10.0. The van der Waals surface area contributed by atoms with Crippen molar-refractivity contribution in [1.82, 2.24) is 5.32 Å². The first kappa shape index (κ1) is 41.9. The van der Waals surface area contributed by atoms with Crippen molar-refractivity contribution in [1.29, 1.82) is 0 Å². The van der Waals surface area contributed by atoms with Crippen LogP contribution in [0.3, 0.4) is 0 Å². The molecule has 43 heavy (non-hydrogen) atoms. The molecule has 0 aromatic carbocycles. The summed E-state index contributed by atoms with van der Waals surface area (Å²) in [7, 11) is 0. The molecule has 0 saturated carbocycles. The van der Waals surface area contributed by atoms with Crippen LogP contribution in [0.1, 0.15) is 200 Å². The van der Waals surface area contributed by atoms with Crippen molar-refractivity contribution in [3.63, 3.8) is 0 Å². The van der Waals surface area contributed by atoms with Crippen LogP contribution in [0.15, 0.2) is 24.3 Å². The average molecular weight is 606 g/mol. The van der Waals surface area contributed by atoms with Gasteiger partial charge in [-0.3, -0.25) is 4.79 Å². The van der Waals surface area contributed by atoms with E-state index in [4.69, 9.17) is 0 Å². The highest BCUT2D eigenvalue weighted by Gasteiger charge is 2.17. The molecule has 0 unspecified atom stereocenters. The average Bonchev–Trinajstić information content (AvgIpc) is 3.01. The quantitative estimate of drug-likeness (QED) is 0.0505. The summed E-state index contributed by atoms with van der Waals surface area (Å²) in [5.41, 5.74) is 0. The van der Waals surface area contributed by atoms with Gasteiger partial charge in [-0.15, -0.1) is 0 Å². The van der Waals surface area contributed by atoms with E-state index in [1.807, 2.05) is 6.08 Å². The fraction of sp³-hybridized carbons (Fsp3) is 0.872. The van der Waals surface area contributed by atoms with Crippen LogP contribution in [0.4, 0.5) is 0 Å². The minimum absolute atomic E-state index is 0.0734. The Morgan fingerprint density at radius 2 is 0.907 bits per heavy atom. The third-order valence-electron chi connectivity index (χ3n) is 8.69. The van der Waals surface area contributed by atoms with Gasteiger partial charge in [0.05, 0.1) is 18.8 Å². The number of hydrogen-bond donors (Lipinski definition) is 3. The smallest absolute Gasteiger partial charge is 0.220 e. The first-order chi connectivity index (χ1) is 21.2. The van der Waals surface area contributed by atoms with Gasteiger partial charge in [0, 0.05) is 6.42 Å². The summed E-state index contributed by atoms with van der Waals surface area (Å²) in [6, 6.07) is -0.632. The maximum absolute atomic E-state index is 12.3. The maximum Gasteiger partial charge on any atom is 0.220 e. The van der Waals surface area contributed by atoms with E-state index in [9.17, 15) is 15.0 Å². The summed E-state index contributed by atoms with van der Waals surface area (Å²) >= 11 is 0. The molecule has 0 heterocycles. The number of rotatable bonds is 34. The monoisotopic (exact) mass is 606 g/mol. The van der Waals surface area contributed by atoms with Gasteiger partial charge in [-0.05, 0) is 32.1 Å². The van der Waals surface area contributed by atoms with Crippen LogP contribution in [-0.4, -0.2) is 34.9 Å². The largest absolute Gasteiger partial charge is 0.394 e. The van der Waals surface area contributed by atoms with Crippen LogP contribution in [0, 0.1) is 0 Å². The Balaban J connectivity index is 3.64. The van der Waals surface area contributed by atoms with Crippen molar-refractivity contribution >= 4 is 5.91 Å². The lowest BCUT2D eigenvalue weighted by Crippen LogP contribution is -2.45. The molecule has 3 N–H and O–H groups in total. The Bertz CT molecular complexity index is 618. The molecule has 4 heteroatoms. The molecule has 0 radical (unpaired) electrons. The van der Waals surface area contributed by atoms with Crippen molar-refractivity contribution in [3.8, 4) is 0 Å².